The highest BCUT2D eigenvalue weighted by atomic mass is 35.5. The van der Waals surface area contributed by atoms with Gasteiger partial charge in [-0.05, 0) is 24.1 Å². The van der Waals surface area contributed by atoms with Crippen molar-refractivity contribution in [2.45, 2.75) is 19.4 Å². The third-order valence-corrected chi connectivity index (χ3v) is 2.79. The fourth-order valence-corrected chi connectivity index (χ4v) is 1.67. The Kier molecular flexibility index (Phi) is 4.65. The van der Waals surface area contributed by atoms with E-state index >= 15 is 0 Å². The Hall–Kier alpha value is -0.710. The molecule has 0 saturated carbocycles. The summed E-state index contributed by atoms with van der Waals surface area (Å²) in [6.07, 6.45) is 0. The van der Waals surface area contributed by atoms with Gasteiger partial charge in [-0.1, -0.05) is 18.5 Å². The molecule has 0 heterocycles. The Balaban J connectivity index is 3.27. The van der Waals surface area contributed by atoms with Crippen LogP contribution in [-0.2, 0) is 11.3 Å². The number of benzene rings is 1. The molecule has 0 aliphatic rings. The highest BCUT2D eigenvalue weighted by Crippen LogP contribution is 2.29. The molecule has 0 radical (unpaired) electrons. The van der Waals surface area contributed by atoms with Gasteiger partial charge in [0.05, 0.1) is 6.61 Å². The molecule has 2 N–H and O–H groups in total. The normalized spacial score (nSPS) is 12.9. The third-order valence-electron chi connectivity index (χ3n) is 2.45. The molecule has 0 amide bonds. The first kappa shape index (κ1) is 13.4. The van der Waals surface area contributed by atoms with Gasteiger partial charge in [-0.15, -0.1) is 0 Å². The standard InChI is InChI=1S/C11H14ClF2NO/c1-6(4-15)7-3-9(12)8(5-16-2)11(14)10(7)13/h3,6H,4-5,15H2,1-2H3. The summed E-state index contributed by atoms with van der Waals surface area (Å²) in [7, 11) is 1.39. The lowest BCUT2D eigenvalue weighted by molar-refractivity contribution is 0.180. The number of rotatable bonds is 4. The highest BCUT2D eigenvalue weighted by molar-refractivity contribution is 6.31. The molecule has 0 saturated heterocycles. The number of hydrogen-bond donors (Lipinski definition) is 1. The van der Waals surface area contributed by atoms with Gasteiger partial charge in [-0.2, -0.15) is 0 Å². The van der Waals surface area contributed by atoms with Crippen LogP contribution in [0.2, 0.25) is 5.02 Å². The van der Waals surface area contributed by atoms with E-state index in [4.69, 9.17) is 22.1 Å². The Morgan fingerprint density at radius 1 is 1.44 bits per heavy atom. The molecule has 90 valence electrons. The van der Waals surface area contributed by atoms with Crippen molar-refractivity contribution in [3.63, 3.8) is 0 Å². The van der Waals surface area contributed by atoms with Crippen molar-refractivity contribution in [2.24, 2.45) is 5.73 Å². The van der Waals surface area contributed by atoms with Crippen LogP contribution < -0.4 is 5.73 Å². The maximum atomic E-state index is 13.7. The Bertz CT molecular complexity index is 385. The zero-order chi connectivity index (χ0) is 12.3. The number of ether oxygens (including phenoxy) is 1. The number of nitrogens with two attached hydrogens (primary N) is 1. The van der Waals surface area contributed by atoms with Crippen LogP contribution in [0.3, 0.4) is 0 Å². The molecule has 16 heavy (non-hydrogen) atoms. The molecule has 0 fully saturated rings. The van der Waals surface area contributed by atoms with Gasteiger partial charge in [0, 0.05) is 17.7 Å². The Morgan fingerprint density at radius 3 is 2.56 bits per heavy atom. The number of halogens is 3. The van der Waals surface area contributed by atoms with Crippen LogP contribution in [0.4, 0.5) is 8.78 Å². The molecular weight excluding hydrogens is 236 g/mol. The lowest BCUT2D eigenvalue weighted by Gasteiger charge is -2.14. The van der Waals surface area contributed by atoms with Crippen LogP contribution >= 0.6 is 11.6 Å². The van der Waals surface area contributed by atoms with Crippen LogP contribution in [0, 0.1) is 11.6 Å². The minimum absolute atomic E-state index is 0.0367. The second kappa shape index (κ2) is 5.57. The zero-order valence-corrected chi connectivity index (χ0v) is 9.94. The van der Waals surface area contributed by atoms with Gasteiger partial charge in [0.2, 0.25) is 0 Å². The third kappa shape index (κ3) is 2.51. The molecule has 0 aliphatic carbocycles. The summed E-state index contributed by atoms with van der Waals surface area (Å²) >= 11 is 5.86. The first-order chi connectivity index (χ1) is 7.52. The molecule has 2 nitrogen and oxygen atoms in total. The number of methoxy groups -OCH3 is 1. The lowest BCUT2D eigenvalue weighted by atomic mass is 9.99. The van der Waals surface area contributed by atoms with Gasteiger partial charge in [-0.25, -0.2) is 8.78 Å². The highest BCUT2D eigenvalue weighted by Gasteiger charge is 2.20. The van der Waals surface area contributed by atoms with E-state index in [1.807, 2.05) is 0 Å². The van der Waals surface area contributed by atoms with Gasteiger partial charge in [0.15, 0.2) is 11.6 Å². The van der Waals surface area contributed by atoms with E-state index in [0.29, 0.717) is 0 Å². The van der Waals surface area contributed by atoms with Crippen molar-refractivity contribution in [1.29, 1.82) is 0 Å². The summed E-state index contributed by atoms with van der Waals surface area (Å²) in [5.74, 6) is -2.12. The van der Waals surface area contributed by atoms with E-state index in [0.717, 1.165) is 0 Å². The van der Waals surface area contributed by atoms with Gasteiger partial charge < -0.3 is 10.5 Å². The zero-order valence-electron chi connectivity index (χ0n) is 9.19. The quantitative estimate of drug-likeness (QED) is 0.833. The summed E-state index contributed by atoms with van der Waals surface area (Å²) in [4.78, 5) is 0. The van der Waals surface area contributed by atoms with Gasteiger partial charge in [0.25, 0.3) is 0 Å². The summed E-state index contributed by atoms with van der Waals surface area (Å²) in [5, 5.41) is 0.163. The minimum Gasteiger partial charge on any atom is -0.380 e. The van der Waals surface area contributed by atoms with Crippen molar-refractivity contribution in [3.8, 4) is 0 Å². The van der Waals surface area contributed by atoms with Crippen molar-refractivity contribution < 1.29 is 13.5 Å². The second-order valence-corrected chi connectivity index (χ2v) is 4.03. The molecule has 0 aliphatic heterocycles. The molecule has 1 rings (SSSR count). The molecule has 0 spiro atoms. The van der Waals surface area contributed by atoms with Gasteiger partial charge in [-0.3, -0.25) is 0 Å². The lowest BCUT2D eigenvalue weighted by Crippen LogP contribution is -2.12. The molecule has 1 atom stereocenters. The molecule has 1 aromatic rings. The van der Waals surface area contributed by atoms with Crippen molar-refractivity contribution >= 4 is 11.6 Å². The first-order valence-corrected chi connectivity index (χ1v) is 5.26. The van der Waals surface area contributed by atoms with Crippen LogP contribution in [0.15, 0.2) is 6.07 Å². The summed E-state index contributed by atoms with van der Waals surface area (Å²) in [6.45, 7) is 1.89. The maximum absolute atomic E-state index is 13.7. The van der Waals surface area contributed by atoms with E-state index in [-0.39, 0.29) is 35.2 Å². The predicted molar refractivity (Wildman–Crippen MR) is 59.6 cm³/mol. The van der Waals surface area contributed by atoms with E-state index in [1.165, 1.54) is 13.2 Å². The molecule has 1 unspecified atom stereocenters. The van der Waals surface area contributed by atoms with E-state index in [2.05, 4.69) is 0 Å². The van der Waals surface area contributed by atoms with Crippen molar-refractivity contribution in [1.82, 2.24) is 0 Å². The smallest absolute Gasteiger partial charge is 0.166 e. The monoisotopic (exact) mass is 249 g/mol. The minimum atomic E-state index is -0.954. The maximum Gasteiger partial charge on any atom is 0.166 e. The fraction of sp³-hybridized carbons (Fsp3) is 0.455. The molecule has 1 aromatic carbocycles. The molecule has 5 heteroatoms. The molecule has 0 aromatic heterocycles. The van der Waals surface area contributed by atoms with Crippen LogP contribution in [0.5, 0.6) is 0 Å². The SMILES string of the molecule is COCc1c(Cl)cc(C(C)CN)c(F)c1F. The van der Waals surface area contributed by atoms with Crippen LogP contribution in [0.1, 0.15) is 24.0 Å². The number of hydrogen-bond acceptors (Lipinski definition) is 2. The van der Waals surface area contributed by atoms with Gasteiger partial charge in [0.1, 0.15) is 0 Å². The van der Waals surface area contributed by atoms with Gasteiger partial charge >= 0.3 is 0 Å². The van der Waals surface area contributed by atoms with Crippen molar-refractivity contribution in [2.75, 3.05) is 13.7 Å². The topological polar surface area (TPSA) is 35.2 Å². The predicted octanol–water partition coefficient (Wildman–Crippen LogP) is 2.83. The second-order valence-electron chi connectivity index (χ2n) is 3.62. The van der Waals surface area contributed by atoms with Crippen molar-refractivity contribution in [3.05, 3.63) is 33.9 Å². The Labute approximate surface area is 98.3 Å². The average molecular weight is 250 g/mol. The molecule has 0 bridgehead atoms. The van der Waals surface area contributed by atoms with E-state index in [9.17, 15) is 8.78 Å². The molecular formula is C11H14ClF2NO. The van der Waals surface area contributed by atoms with E-state index < -0.39 is 11.6 Å². The van der Waals surface area contributed by atoms with Crippen LogP contribution in [-0.4, -0.2) is 13.7 Å². The largest absolute Gasteiger partial charge is 0.380 e. The van der Waals surface area contributed by atoms with Crippen LogP contribution in [0.25, 0.3) is 0 Å². The summed E-state index contributed by atoms with van der Waals surface area (Å²) in [6, 6.07) is 1.41. The fourth-order valence-electron chi connectivity index (χ4n) is 1.41. The van der Waals surface area contributed by atoms with E-state index in [1.54, 1.807) is 6.92 Å². The first-order valence-electron chi connectivity index (χ1n) is 4.88. The summed E-state index contributed by atoms with van der Waals surface area (Å²) < 4.78 is 32.0. The average Bonchev–Trinajstić information content (AvgIpc) is 2.28. The Morgan fingerprint density at radius 2 is 2.06 bits per heavy atom. The summed E-state index contributed by atoms with van der Waals surface area (Å²) in [5.41, 5.74) is 5.65.